The maximum Gasteiger partial charge on any atom is 0.213 e. The van der Waals surface area contributed by atoms with Crippen LogP contribution in [0.15, 0.2) is 42.6 Å². The van der Waals surface area contributed by atoms with Crippen molar-refractivity contribution in [1.29, 1.82) is 0 Å². The Morgan fingerprint density at radius 3 is 2.43 bits per heavy atom. The van der Waals surface area contributed by atoms with Gasteiger partial charge in [0.15, 0.2) is 11.6 Å². The fourth-order valence-electron chi connectivity index (χ4n) is 2.63. The summed E-state index contributed by atoms with van der Waals surface area (Å²) in [4.78, 5) is 4.29. The Labute approximate surface area is 164 Å². The van der Waals surface area contributed by atoms with Crippen molar-refractivity contribution in [2.24, 2.45) is 0 Å². The number of hydrogen-bond donors (Lipinski definition) is 0. The third kappa shape index (κ3) is 4.65. The minimum absolute atomic E-state index is 0.355. The Kier molecular flexibility index (Phi) is 6.94. The van der Waals surface area contributed by atoms with Crippen molar-refractivity contribution in [2.45, 2.75) is 13.5 Å². The Balaban J connectivity index is 1.92. The van der Waals surface area contributed by atoms with Crippen molar-refractivity contribution in [3.8, 4) is 28.7 Å². The van der Waals surface area contributed by atoms with Crippen LogP contribution in [0.5, 0.6) is 11.6 Å². The predicted octanol–water partition coefficient (Wildman–Crippen LogP) is 2.90. The number of benzene rings is 1. The molecule has 3 aromatic rings. The molecule has 0 unspecified atom stereocenters. The highest BCUT2D eigenvalue weighted by atomic mass is 16.5. The largest absolute Gasteiger partial charge is 0.491 e. The molecular formula is C20H24N4O4. The number of aromatic nitrogens is 4. The molecule has 0 radical (unpaired) electrons. The summed E-state index contributed by atoms with van der Waals surface area (Å²) in [6, 6.07) is 11.4. The number of hydrogen-bond acceptors (Lipinski definition) is 7. The first-order valence-electron chi connectivity index (χ1n) is 9.01. The van der Waals surface area contributed by atoms with Crippen molar-refractivity contribution >= 4 is 0 Å². The van der Waals surface area contributed by atoms with E-state index in [-0.39, 0.29) is 0 Å². The monoisotopic (exact) mass is 384 g/mol. The van der Waals surface area contributed by atoms with Gasteiger partial charge in [-0.3, -0.25) is 4.57 Å². The Bertz CT molecular complexity index is 863. The van der Waals surface area contributed by atoms with Gasteiger partial charge in [0, 0.05) is 25.3 Å². The maximum atomic E-state index is 5.62. The molecule has 0 spiro atoms. The van der Waals surface area contributed by atoms with Crippen LogP contribution >= 0.6 is 0 Å². The molecule has 2 aromatic heterocycles. The van der Waals surface area contributed by atoms with E-state index in [4.69, 9.17) is 18.9 Å². The van der Waals surface area contributed by atoms with Gasteiger partial charge >= 0.3 is 0 Å². The standard InChI is InChI=1S/C20H24N4O4/c1-4-27-14-18-22-23-20(24(18)16-7-10-19(26-3)21-13-16)15-5-8-17(9-6-15)28-12-11-25-2/h5-10,13H,4,11-12,14H2,1-3H3. The smallest absolute Gasteiger partial charge is 0.213 e. The van der Waals surface area contributed by atoms with Crippen LogP contribution in [0.25, 0.3) is 17.1 Å². The van der Waals surface area contributed by atoms with Crippen LogP contribution in [0.4, 0.5) is 0 Å². The highest BCUT2D eigenvalue weighted by Gasteiger charge is 2.16. The van der Waals surface area contributed by atoms with Crippen molar-refractivity contribution in [1.82, 2.24) is 19.7 Å². The maximum absolute atomic E-state index is 5.62. The van der Waals surface area contributed by atoms with Gasteiger partial charge in [-0.2, -0.15) is 0 Å². The van der Waals surface area contributed by atoms with Gasteiger partial charge in [-0.05, 0) is 37.3 Å². The van der Waals surface area contributed by atoms with Gasteiger partial charge in [0.25, 0.3) is 0 Å². The van der Waals surface area contributed by atoms with Gasteiger partial charge in [-0.25, -0.2) is 4.98 Å². The van der Waals surface area contributed by atoms with Crippen LogP contribution in [0.3, 0.4) is 0 Å². The molecule has 0 aliphatic rings. The Hall–Kier alpha value is -2.97. The topological polar surface area (TPSA) is 80.5 Å². The predicted molar refractivity (Wildman–Crippen MR) is 104 cm³/mol. The van der Waals surface area contributed by atoms with Gasteiger partial charge in [-0.15, -0.1) is 10.2 Å². The highest BCUT2D eigenvalue weighted by Crippen LogP contribution is 2.25. The van der Waals surface area contributed by atoms with Crippen molar-refractivity contribution in [3.63, 3.8) is 0 Å². The number of methoxy groups -OCH3 is 2. The van der Waals surface area contributed by atoms with Crippen LogP contribution in [0.2, 0.25) is 0 Å². The van der Waals surface area contributed by atoms with E-state index in [9.17, 15) is 0 Å². The van der Waals surface area contributed by atoms with E-state index in [1.807, 2.05) is 41.8 Å². The summed E-state index contributed by atoms with van der Waals surface area (Å²) >= 11 is 0. The molecule has 0 bridgehead atoms. The number of pyridine rings is 1. The second-order valence-corrected chi connectivity index (χ2v) is 5.84. The summed E-state index contributed by atoms with van der Waals surface area (Å²) in [5, 5.41) is 8.69. The molecule has 8 nitrogen and oxygen atoms in total. The first kappa shape index (κ1) is 19.8. The molecule has 0 N–H and O–H groups in total. The summed E-state index contributed by atoms with van der Waals surface area (Å²) in [7, 11) is 3.23. The number of ether oxygens (including phenoxy) is 4. The first-order chi connectivity index (χ1) is 13.8. The molecule has 0 aliphatic carbocycles. The van der Waals surface area contributed by atoms with E-state index in [0.29, 0.717) is 44.0 Å². The van der Waals surface area contributed by atoms with Gasteiger partial charge in [0.2, 0.25) is 5.88 Å². The van der Waals surface area contributed by atoms with Crippen LogP contribution in [0.1, 0.15) is 12.7 Å². The molecule has 0 amide bonds. The molecule has 0 saturated heterocycles. The number of rotatable bonds is 10. The van der Waals surface area contributed by atoms with E-state index < -0.39 is 0 Å². The van der Waals surface area contributed by atoms with Crippen LogP contribution < -0.4 is 9.47 Å². The third-order valence-corrected chi connectivity index (χ3v) is 4.02. The lowest BCUT2D eigenvalue weighted by molar-refractivity contribution is 0.127. The normalized spacial score (nSPS) is 10.8. The van der Waals surface area contributed by atoms with Gasteiger partial charge in [-0.1, -0.05) is 0 Å². The lowest BCUT2D eigenvalue weighted by Gasteiger charge is -2.11. The van der Waals surface area contributed by atoms with Gasteiger partial charge < -0.3 is 18.9 Å². The molecule has 3 rings (SSSR count). The fourth-order valence-corrected chi connectivity index (χ4v) is 2.63. The zero-order valence-electron chi connectivity index (χ0n) is 16.3. The Morgan fingerprint density at radius 2 is 1.79 bits per heavy atom. The molecule has 0 atom stereocenters. The third-order valence-electron chi connectivity index (χ3n) is 4.02. The summed E-state index contributed by atoms with van der Waals surface area (Å²) in [6.07, 6.45) is 1.73. The second kappa shape index (κ2) is 9.82. The minimum Gasteiger partial charge on any atom is -0.491 e. The van der Waals surface area contributed by atoms with Gasteiger partial charge in [0.1, 0.15) is 19.0 Å². The summed E-state index contributed by atoms with van der Waals surface area (Å²) in [5.41, 5.74) is 1.74. The van der Waals surface area contributed by atoms with Gasteiger partial charge in [0.05, 0.1) is 25.6 Å². The lowest BCUT2D eigenvalue weighted by Crippen LogP contribution is -2.06. The average molecular weight is 384 g/mol. The summed E-state index contributed by atoms with van der Waals surface area (Å²) in [5.74, 6) is 2.71. The fraction of sp³-hybridized carbons (Fsp3) is 0.350. The zero-order valence-corrected chi connectivity index (χ0v) is 16.3. The second-order valence-electron chi connectivity index (χ2n) is 5.84. The van der Waals surface area contributed by atoms with Crippen LogP contribution in [-0.2, 0) is 16.1 Å². The van der Waals surface area contributed by atoms with E-state index in [1.54, 1.807) is 26.5 Å². The molecule has 2 heterocycles. The molecule has 0 saturated carbocycles. The van der Waals surface area contributed by atoms with Crippen molar-refractivity contribution in [3.05, 3.63) is 48.4 Å². The van der Waals surface area contributed by atoms with Crippen molar-refractivity contribution in [2.75, 3.05) is 34.0 Å². The molecule has 1 aromatic carbocycles. The highest BCUT2D eigenvalue weighted by molar-refractivity contribution is 5.59. The average Bonchev–Trinajstić information content (AvgIpc) is 3.17. The minimum atomic E-state index is 0.355. The van der Waals surface area contributed by atoms with Crippen molar-refractivity contribution < 1.29 is 18.9 Å². The Morgan fingerprint density at radius 1 is 0.964 bits per heavy atom. The van der Waals surface area contributed by atoms with E-state index in [2.05, 4.69) is 15.2 Å². The SMILES string of the molecule is CCOCc1nnc(-c2ccc(OCCOC)cc2)n1-c1ccc(OC)nc1. The molecular weight excluding hydrogens is 360 g/mol. The van der Waals surface area contributed by atoms with E-state index in [0.717, 1.165) is 17.0 Å². The summed E-state index contributed by atoms with van der Waals surface area (Å²) in [6.45, 7) is 3.94. The molecule has 0 aliphatic heterocycles. The molecule has 148 valence electrons. The molecule has 28 heavy (non-hydrogen) atoms. The quantitative estimate of drug-likeness (QED) is 0.497. The lowest BCUT2D eigenvalue weighted by atomic mass is 10.2. The van der Waals surface area contributed by atoms with Crippen LogP contribution in [-0.4, -0.2) is 53.8 Å². The number of nitrogens with zero attached hydrogens (tertiary/aromatic N) is 4. The van der Waals surface area contributed by atoms with E-state index in [1.165, 1.54) is 0 Å². The molecule has 8 heteroatoms. The summed E-state index contributed by atoms with van der Waals surface area (Å²) < 4.78 is 23.3. The van der Waals surface area contributed by atoms with Crippen LogP contribution in [0, 0.1) is 0 Å². The first-order valence-corrected chi connectivity index (χ1v) is 9.01. The zero-order chi connectivity index (χ0) is 19.8. The molecule has 0 fully saturated rings. The van der Waals surface area contributed by atoms with E-state index >= 15 is 0 Å².